The lowest BCUT2D eigenvalue weighted by Crippen LogP contribution is -2.24. The van der Waals surface area contributed by atoms with Gasteiger partial charge in [-0.25, -0.2) is 22.0 Å². The van der Waals surface area contributed by atoms with Crippen LogP contribution in [0.3, 0.4) is 0 Å². The molecule has 0 saturated carbocycles. The van der Waals surface area contributed by atoms with Crippen molar-refractivity contribution < 1.29 is 53.0 Å². The SMILES string of the molecule is CCS/C(F)=C(\F)c1ccc(-c2ccc(C(F)(F)Oc3cc(F)c(C(F)(F)F)c(F)c3)c(F)c2)c(F)c1. The van der Waals surface area contributed by atoms with Gasteiger partial charge in [-0.1, -0.05) is 36.9 Å². The molecule has 0 bridgehead atoms. The van der Waals surface area contributed by atoms with Crippen LogP contribution in [0.25, 0.3) is 17.0 Å². The predicted octanol–water partition coefficient (Wildman–Crippen LogP) is 9.38. The second kappa shape index (κ2) is 10.6. The van der Waals surface area contributed by atoms with E-state index in [2.05, 4.69) is 4.74 Å². The van der Waals surface area contributed by atoms with Crippen LogP contribution < -0.4 is 4.74 Å². The second-order valence-electron chi connectivity index (χ2n) is 7.29. The first-order valence-electron chi connectivity index (χ1n) is 10.1. The lowest BCUT2D eigenvalue weighted by molar-refractivity contribution is -0.187. The maximum absolute atomic E-state index is 14.5. The number of halogens is 11. The van der Waals surface area contributed by atoms with Crippen molar-refractivity contribution in [2.45, 2.75) is 19.2 Å². The van der Waals surface area contributed by atoms with Gasteiger partial charge >= 0.3 is 12.3 Å². The summed E-state index contributed by atoms with van der Waals surface area (Å²) in [7, 11) is 0. The molecule has 198 valence electrons. The quantitative estimate of drug-likeness (QED) is 0.267. The molecule has 0 saturated heterocycles. The van der Waals surface area contributed by atoms with Gasteiger partial charge in [0, 0.05) is 23.3 Å². The van der Waals surface area contributed by atoms with Gasteiger partial charge < -0.3 is 4.74 Å². The highest BCUT2D eigenvalue weighted by Crippen LogP contribution is 2.39. The van der Waals surface area contributed by atoms with E-state index in [0.29, 0.717) is 30.0 Å². The van der Waals surface area contributed by atoms with Crippen molar-refractivity contribution in [2.75, 3.05) is 5.75 Å². The van der Waals surface area contributed by atoms with Gasteiger partial charge in [-0.3, -0.25) is 0 Å². The maximum atomic E-state index is 14.5. The molecule has 13 heteroatoms. The standard InChI is InChI=1S/C24H13F11OS/c1-2-37-22(30)21(29)12-3-5-14(16(25)8-12)11-4-6-15(17(26)7-11)24(34,35)36-13-9-18(27)20(19(28)10-13)23(31,32)33/h3-10H,2H2,1H3/b22-21-. The molecule has 0 aromatic heterocycles. The van der Waals surface area contributed by atoms with Crippen molar-refractivity contribution in [3.63, 3.8) is 0 Å². The van der Waals surface area contributed by atoms with Gasteiger partial charge in [0.1, 0.15) is 34.6 Å². The highest BCUT2D eigenvalue weighted by Gasteiger charge is 2.41. The minimum atomic E-state index is -5.45. The lowest BCUT2D eigenvalue weighted by Gasteiger charge is -2.20. The third kappa shape index (κ3) is 6.20. The molecule has 0 amide bonds. The molecule has 0 N–H and O–H groups in total. The Balaban J connectivity index is 1.91. The molecule has 37 heavy (non-hydrogen) atoms. The van der Waals surface area contributed by atoms with Gasteiger partial charge in [0.2, 0.25) is 0 Å². The molecule has 0 aliphatic carbocycles. The number of rotatable bonds is 7. The van der Waals surface area contributed by atoms with Crippen molar-refractivity contribution in [1.82, 2.24) is 0 Å². The molecule has 3 rings (SSSR count). The van der Waals surface area contributed by atoms with E-state index < -0.39 is 69.0 Å². The number of hydrogen-bond acceptors (Lipinski definition) is 2. The Kier molecular flexibility index (Phi) is 8.15. The fourth-order valence-electron chi connectivity index (χ4n) is 3.19. The van der Waals surface area contributed by atoms with Crippen molar-refractivity contribution >= 4 is 17.6 Å². The summed E-state index contributed by atoms with van der Waals surface area (Å²) in [5, 5.41) is -1.18. The van der Waals surface area contributed by atoms with Crippen LogP contribution in [0.5, 0.6) is 5.75 Å². The molecule has 0 atom stereocenters. The van der Waals surface area contributed by atoms with Crippen LogP contribution in [-0.2, 0) is 12.3 Å². The van der Waals surface area contributed by atoms with Gasteiger partial charge in [-0.2, -0.15) is 26.3 Å². The van der Waals surface area contributed by atoms with Crippen molar-refractivity contribution in [3.8, 4) is 16.9 Å². The molecular formula is C24H13F11OS. The van der Waals surface area contributed by atoms with Crippen LogP contribution in [0.1, 0.15) is 23.6 Å². The van der Waals surface area contributed by atoms with Crippen molar-refractivity contribution in [1.29, 1.82) is 0 Å². The molecule has 1 nitrogen and oxygen atoms in total. The Labute approximate surface area is 206 Å². The van der Waals surface area contributed by atoms with Crippen LogP contribution >= 0.6 is 11.8 Å². The van der Waals surface area contributed by atoms with Crippen molar-refractivity contribution in [2.24, 2.45) is 0 Å². The third-order valence-electron chi connectivity index (χ3n) is 4.80. The first-order chi connectivity index (χ1) is 17.2. The summed E-state index contributed by atoms with van der Waals surface area (Å²) in [6.45, 7) is 1.56. The number of ether oxygens (including phenoxy) is 1. The zero-order valence-corrected chi connectivity index (χ0v) is 19.1. The molecule has 0 radical (unpaired) electrons. The van der Waals surface area contributed by atoms with E-state index in [-0.39, 0.29) is 29.0 Å². The summed E-state index contributed by atoms with van der Waals surface area (Å²) in [5.74, 6) is -9.74. The average Bonchev–Trinajstić information content (AvgIpc) is 2.76. The molecule has 0 unspecified atom stereocenters. The first-order valence-corrected chi connectivity index (χ1v) is 11.1. The second-order valence-corrected chi connectivity index (χ2v) is 8.51. The number of hydrogen-bond donors (Lipinski definition) is 0. The first kappa shape index (κ1) is 28.4. The Morgan fingerprint density at radius 3 is 1.92 bits per heavy atom. The Morgan fingerprint density at radius 1 is 0.784 bits per heavy atom. The van der Waals surface area contributed by atoms with Crippen LogP contribution in [0.4, 0.5) is 48.3 Å². The smallest absolute Gasteiger partial charge is 0.429 e. The molecule has 0 aliphatic rings. The Bertz CT molecular complexity index is 1330. The maximum Gasteiger partial charge on any atom is 0.429 e. The summed E-state index contributed by atoms with van der Waals surface area (Å²) in [6, 6.07) is 4.02. The van der Waals surface area contributed by atoms with Crippen LogP contribution in [0.2, 0.25) is 0 Å². The van der Waals surface area contributed by atoms with Gasteiger partial charge in [0.05, 0.1) is 5.56 Å². The summed E-state index contributed by atoms with van der Waals surface area (Å²) in [5.41, 5.74) is -4.91. The minimum absolute atomic E-state index is 0.140. The van der Waals surface area contributed by atoms with Crippen molar-refractivity contribution in [3.05, 3.63) is 93.6 Å². The summed E-state index contributed by atoms with van der Waals surface area (Å²) in [6.07, 6.45) is -10.1. The fraction of sp³-hybridized carbons (Fsp3) is 0.167. The summed E-state index contributed by atoms with van der Waals surface area (Å²) in [4.78, 5) is 0. The van der Waals surface area contributed by atoms with Crippen LogP contribution in [-0.4, -0.2) is 5.75 Å². The molecule has 0 spiro atoms. The van der Waals surface area contributed by atoms with Crippen LogP contribution in [0, 0.1) is 23.3 Å². The Hall–Kier alpha value is -3.22. The largest absolute Gasteiger partial charge is 0.429 e. The van der Waals surface area contributed by atoms with E-state index in [1.54, 1.807) is 6.92 Å². The van der Waals surface area contributed by atoms with Gasteiger partial charge in [0.25, 0.3) is 0 Å². The lowest BCUT2D eigenvalue weighted by atomic mass is 10.0. The summed E-state index contributed by atoms with van der Waals surface area (Å²) >= 11 is 0.542. The zero-order chi connectivity index (χ0) is 27.7. The molecular weight excluding hydrogens is 545 g/mol. The van der Waals surface area contributed by atoms with Gasteiger partial charge in [-0.15, -0.1) is 0 Å². The third-order valence-corrected chi connectivity index (χ3v) is 5.53. The van der Waals surface area contributed by atoms with E-state index >= 15 is 0 Å². The highest BCUT2D eigenvalue weighted by atomic mass is 32.2. The van der Waals surface area contributed by atoms with Crippen LogP contribution in [0.15, 0.2) is 53.7 Å². The van der Waals surface area contributed by atoms with E-state index in [1.165, 1.54) is 0 Å². The Morgan fingerprint density at radius 2 is 1.41 bits per heavy atom. The predicted molar refractivity (Wildman–Crippen MR) is 115 cm³/mol. The van der Waals surface area contributed by atoms with E-state index in [0.717, 1.165) is 18.2 Å². The van der Waals surface area contributed by atoms with Gasteiger partial charge in [0.15, 0.2) is 11.0 Å². The topological polar surface area (TPSA) is 9.23 Å². The van der Waals surface area contributed by atoms with E-state index in [4.69, 9.17) is 0 Å². The zero-order valence-electron chi connectivity index (χ0n) is 18.3. The summed E-state index contributed by atoms with van der Waals surface area (Å²) < 4.78 is 155. The number of benzene rings is 3. The average molecular weight is 558 g/mol. The molecule has 3 aromatic rings. The van der Waals surface area contributed by atoms with E-state index in [1.807, 2.05) is 0 Å². The fourth-order valence-corrected chi connectivity index (χ4v) is 3.69. The number of alkyl halides is 5. The monoisotopic (exact) mass is 558 g/mol. The number of thioether (sulfide) groups is 1. The highest BCUT2D eigenvalue weighted by molar-refractivity contribution is 8.03. The minimum Gasteiger partial charge on any atom is -0.429 e. The van der Waals surface area contributed by atoms with Gasteiger partial charge in [-0.05, 0) is 29.5 Å². The molecule has 3 aromatic carbocycles. The molecule has 0 fully saturated rings. The molecule has 0 aliphatic heterocycles. The van der Waals surface area contributed by atoms with E-state index in [9.17, 15) is 48.3 Å². The normalized spacial score (nSPS) is 13.0. The molecule has 0 heterocycles.